The maximum Gasteiger partial charge on any atom is 0.251 e. The van der Waals surface area contributed by atoms with Crippen LogP contribution in [-0.2, 0) is 5.75 Å². The van der Waals surface area contributed by atoms with Gasteiger partial charge < -0.3 is 14.5 Å². The lowest BCUT2D eigenvalue weighted by molar-refractivity contribution is 0.0947. The largest absolute Gasteiger partial charge is 0.492 e. The van der Waals surface area contributed by atoms with Crippen LogP contribution in [0.5, 0.6) is 5.75 Å². The molecule has 1 N–H and O–H groups in total. The van der Waals surface area contributed by atoms with E-state index in [-0.39, 0.29) is 24.8 Å². The number of aromatic nitrogens is 2. The number of nitrogens with zero attached hydrogens (tertiary/aromatic N) is 2. The van der Waals surface area contributed by atoms with Crippen LogP contribution in [0.3, 0.4) is 0 Å². The average molecular weight is 439 g/mol. The number of benzene rings is 2. The highest BCUT2D eigenvalue weighted by Gasteiger charge is 2.07. The topological polar surface area (TPSA) is 55.6 Å². The monoisotopic (exact) mass is 439 g/mol. The van der Waals surface area contributed by atoms with Crippen LogP contribution < -0.4 is 10.1 Å². The van der Waals surface area contributed by atoms with Gasteiger partial charge in [0.25, 0.3) is 5.91 Å². The summed E-state index contributed by atoms with van der Waals surface area (Å²) in [6.45, 7) is 0.381. The molecule has 158 valence electrons. The maximum absolute atomic E-state index is 13.1. The van der Waals surface area contributed by atoms with E-state index in [0.717, 1.165) is 34.1 Å². The molecule has 0 aliphatic carbocycles. The van der Waals surface area contributed by atoms with Crippen molar-refractivity contribution in [2.24, 2.45) is 0 Å². The number of hydrogen-bond acceptors (Lipinski definition) is 4. The van der Waals surface area contributed by atoms with Gasteiger partial charge in [0.15, 0.2) is 11.6 Å². The Hall–Kier alpha value is -3.39. The van der Waals surface area contributed by atoms with E-state index in [1.807, 2.05) is 47.1 Å². The van der Waals surface area contributed by atoms with E-state index in [1.54, 1.807) is 23.9 Å². The molecule has 0 aliphatic rings. The molecule has 0 fully saturated rings. The van der Waals surface area contributed by atoms with Crippen molar-refractivity contribution >= 4 is 23.3 Å². The van der Waals surface area contributed by atoms with Gasteiger partial charge in [-0.05, 0) is 48.5 Å². The molecule has 0 saturated heterocycles. The van der Waals surface area contributed by atoms with Gasteiger partial charge in [-0.1, -0.05) is 6.07 Å². The molecule has 2 aromatic heterocycles. The van der Waals surface area contributed by atoms with Crippen molar-refractivity contribution in [2.75, 3.05) is 13.2 Å². The van der Waals surface area contributed by atoms with Crippen molar-refractivity contribution in [3.63, 3.8) is 0 Å². The summed E-state index contributed by atoms with van der Waals surface area (Å²) < 4.78 is 33.3. The van der Waals surface area contributed by atoms with Crippen LogP contribution in [0.2, 0.25) is 0 Å². The molecule has 0 atom stereocenters. The third-order valence-corrected chi connectivity index (χ3v) is 5.51. The molecule has 1 amide bonds. The van der Waals surface area contributed by atoms with Crippen molar-refractivity contribution < 1.29 is 18.3 Å². The third kappa shape index (κ3) is 5.40. The molecule has 2 aromatic carbocycles. The van der Waals surface area contributed by atoms with Gasteiger partial charge in [-0.15, -0.1) is 11.8 Å². The van der Waals surface area contributed by atoms with Gasteiger partial charge in [-0.3, -0.25) is 4.79 Å². The molecular weight excluding hydrogens is 420 g/mol. The lowest BCUT2D eigenvalue weighted by Gasteiger charge is -2.08. The molecule has 31 heavy (non-hydrogen) atoms. The zero-order valence-electron chi connectivity index (χ0n) is 16.4. The van der Waals surface area contributed by atoms with Crippen LogP contribution in [0.25, 0.3) is 5.65 Å². The van der Waals surface area contributed by atoms with Gasteiger partial charge >= 0.3 is 0 Å². The zero-order chi connectivity index (χ0) is 21.6. The van der Waals surface area contributed by atoms with Gasteiger partial charge in [0.1, 0.15) is 18.0 Å². The highest BCUT2D eigenvalue weighted by molar-refractivity contribution is 7.98. The van der Waals surface area contributed by atoms with Gasteiger partial charge in [-0.25, -0.2) is 13.8 Å². The van der Waals surface area contributed by atoms with E-state index in [4.69, 9.17) is 4.74 Å². The Morgan fingerprint density at radius 2 is 1.90 bits per heavy atom. The standard InChI is InChI=1S/C23H19F2N3O2S/c24-20-9-6-18(13-21(20)25)30-12-10-26-23(29)16-4-7-19(8-5-16)31-15-17-14-28-11-2-1-3-22(28)27-17/h1-9,11,13-14H,10,12,15H2,(H,26,29). The fourth-order valence-corrected chi connectivity index (χ4v) is 3.70. The summed E-state index contributed by atoms with van der Waals surface area (Å²) in [7, 11) is 0. The first-order valence-electron chi connectivity index (χ1n) is 9.60. The fourth-order valence-electron chi connectivity index (χ4n) is 2.92. The molecule has 2 heterocycles. The highest BCUT2D eigenvalue weighted by Crippen LogP contribution is 2.23. The number of carbonyl (C=O) groups excluding carboxylic acids is 1. The van der Waals surface area contributed by atoms with Crippen LogP contribution in [0.15, 0.2) is 78.0 Å². The summed E-state index contributed by atoms with van der Waals surface area (Å²) in [5.74, 6) is -1.19. The number of carbonyl (C=O) groups is 1. The molecule has 0 spiro atoms. The zero-order valence-corrected chi connectivity index (χ0v) is 17.2. The van der Waals surface area contributed by atoms with E-state index < -0.39 is 11.6 Å². The lowest BCUT2D eigenvalue weighted by atomic mass is 10.2. The van der Waals surface area contributed by atoms with Crippen LogP contribution in [0, 0.1) is 11.6 Å². The van der Waals surface area contributed by atoms with Crippen molar-refractivity contribution in [2.45, 2.75) is 10.6 Å². The van der Waals surface area contributed by atoms with Crippen LogP contribution >= 0.6 is 11.8 Å². The number of ether oxygens (including phenoxy) is 1. The maximum atomic E-state index is 13.1. The number of amides is 1. The van der Waals surface area contributed by atoms with Crippen molar-refractivity contribution in [3.05, 3.63) is 95.9 Å². The Balaban J connectivity index is 1.23. The Labute approximate surface area is 182 Å². The molecule has 0 bridgehead atoms. The molecule has 8 heteroatoms. The minimum absolute atomic E-state index is 0.143. The summed E-state index contributed by atoms with van der Waals surface area (Å²) in [6.07, 6.45) is 3.97. The second kappa shape index (κ2) is 9.61. The molecule has 0 radical (unpaired) electrons. The van der Waals surface area contributed by atoms with Gasteiger partial charge in [0, 0.05) is 34.7 Å². The highest BCUT2D eigenvalue weighted by atomic mass is 32.2. The fraction of sp³-hybridized carbons (Fsp3) is 0.130. The van der Waals surface area contributed by atoms with Crippen LogP contribution in [0.1, 0.15) is 16.1 Å². The average Bonchev–Trinajstić information content (AvgIpc) is 3.21. The Bertz CT molecular complexity index is 1160. The first-order valence-corrected chi connectivity index (χ1v) is 10.6. The van der Waals surface area contributed by atoms with Crippen molar-refractivity contribution in [1.82, 2.24) is 14.7 Å². The van der Waals surface area contributed by atoms with Gasteiger partial charge in [0.2, 0.25) is 0 Å². The lowest BCUT2D eigenvalue weighted by Crippen LogP contribution is -2.28. The first-order chi connectivity index (χ1) is 15.1. The van der Waals surface area contributed by atoms with E-state index in [0.29, 0.717) is 5.56 Å². The van der Waals surface area contributed by atoms with Gasteiger partial charge in [0.05, 0.1) is 12.2 Å². The molecule has 0 saturated carbocycles. The van der Waals surface area contributed by atoms with E-state index in [1.165, 1.54) is 6.07 Å². The van der Waals surface area contributed by atoms with Crippen molar-refractivity contribution in [3.8, 4) is 5.75 Å². The number of pyridine rings is 1. The van der Waals surface area contributed by atoms with Crippen molar-refractivity contribution in [1.29, 1.82) is 0 Å². The van der Waals surface area contributed by atoms with E-state index >= 15 is 0 Å². The number of imidazole rings is 1. The quantitative estimate of drug-likeness (QED) is 0.319. The molecule has 0 unspecified atom stereocenters. The number of fused-ring (bicyclic) bond motifs is 1. The molecule has 4 rings (SSSR count). The molecular formula is C23H19F2N3O2S. The summed E-state index contributed by atoms with van der Waals surface area (Å²) in [6, 6.07) is 16.5. The Morgan fingerprint density at radius 1 is 1.06 bits per heavy atom. The summed E-state index contributed by atoms with van der Waals surface area (Å²) in [5.41, 5.74) is 2.43. The minimum atomic E-state index is -0.972. The van der Waals surface area contributed by atoms with Crippen LogP contribution in [0.4, 0.5) is 8.78 Å². The van der Waals surface area contributed by atoms with E-state index in [9.17, 15) is 13.6 Å². The summed E-state index contributed by atoms with van der Waals surface area (Å²) in [5, 5.41) is 2.74. The number of thioether (sulfide) groups is 1. The number of rotatable bonds is 8. The second-order valence-corrected chi connectivity index (χ2v) is 7.74. The first kappa shape index (κ1) is 20.9. The third-order valence-electron chi connectivity index (χ3n) is 4.46. The summed E-state index contributed by atoms with van der Waals surface area (Å²) in [4.78, 5) is 17.9. The van der Waals surface area contributed by atoms with E-state index in [2.05, 4.69) is 10.3 Å². The number of nitrogens with one attached hydrogen (secondary N) is 1. The Kier molecular flexibility index (Phi) is 6.47. The normalized spacial score (nSPS) is 10.9. The predicted molar refractivity (Wildman–Crippen MR) is 115 cm³/mol. The number of hydrogen-bond donors (Lipinski definition) is 1. The Morgan fingerprint density at radius 3 is 2.68 bits per heavy atom. The predicted octanol–water partition coefficient (Wildman–Crippen LogP) is 4.71. The molecule has 0 aliphatic heterocycles. The SMILES string of the molecule is O=C(NCCOc1ccc(F)c(F)c1)c1ccc(SCc2cn3ccccc3n2)cc1. The molecule has 5 nitrogen and oxygen atoms in total. The van der Waals surface area contributed by atoms with Gasteiger partial charge in [-0.2, -0.15) is 0 Å². The molecule has 4 aromatic rings. The minimum Gasteiger partial charge on any atom is -0.492 e. The van der Waals surface area contributed by atoms with Crippen LogP contribution in [-0.4, -0.2) is 28.4 Å². The number of halogens is 2. The summed E-state index contributed by atoms with van der Waals surface area (Å²) >= 11 is 1.65. The smallest absolute Gasteiger partial charge is 0.251 e. The second-order valence-electron chi connectivity index (χ2n) is 6.69.